The Hall–Kier alpha value is -5.94. The van der Waals surface area contributed by atoms with Gasteiger partial charge in [0.2, 0.25) is 23.5 Å². The first kappa shape index (κ1) is 55.8. The van der Waals surface area contributed by atoms with Gasteiger partial charge in [-0.2, -0.15) is 19.9 Å². The number of sulfone groups is 2. The van der Waals surface area contributed by atoms with Crippen LogP contribution in [0.1, 0.15) is 111 Å². The third kappa shape index (κ3) is 12.1. The molecule has 2 aliphatic rings. The number of rotatable bonds is 20. The van der Waals surface area contributed by atoms with E-state index in [2.05, 4.69) is 60.3 Å². The molecular weight excluding hydrogens is 1060 g/mol. The summed E-state index contributed by atoms with van der Waals surface area (Å²) in [6, 6.07) is 0. The van der Waals surface area contributed by atoms with Crippen molar-refractivity contribution in [1.82, 2.24) is 69.4 Å². The fourth-order valence-corrected chi connectivity index (χ4v) is 11.8. The number of ether oxygens (including phenoxy) is 6. The van der Waals surface area contributed by atoms with E-state index in [9.17, 15) is 25.6 Å². The lowest BCUT2D eigenvalue weighted by atomic mass is 10.1. The van der Waals surface area contributed by atoms with E-state index in [1.54, 1.807) is 0 Å². The molecule has 0 saturated heterocycles. The Morgan fingerprint density at radius 1 is 0.541 bits per heavy atom. The average molecular weight is 1110 g/mol. The molecule has 8 atom stereocenters. The summed E-state index contributed by atoms with van der Waals surface area (Å²) in [5, 5.41) is 15.5. The Morgan fingerprint density at radius 3 is 1.14 bits per heavy atom. The molecule has 400 valence electrons. The summed E-state index contributed by atoms with van der Waals surface area (Å²) < 4.78 is 118. The standard InChI is InChI=1S/2C22H27ClFN7O5S/c2*1-12(18(34-2)19-25-8-14(23)9-26-19)37(32,33)10-16-29-30-20(13-5-6-15(24)7-13)31(16)17-21(35-3)27-11-28-22(17)36-4/h2*8-9,11-13,15,18H,5-7,10H2,1-4H3/t12-,13+,15-,18-;12-,13-,15+,18-/m00/s1. The zero-order valence-electron chi connectivity index (χ0n) is 41.4. The molecule has 0 spiro atoms. The van der Waals surface area contributed by atoms with Crippen molar-refractivity contribution in [2.75, 3.05) is 42.7 Å². The number of aromatic nitrogens is 14. The maximum atomic E-state index is 14.1. The van der Waals surface area contributed by atoms with Crippen LogP contribution in [-0.4, -0.2) is 152 Å². The van der Waals surface area contributed by atoms with Crippen molar-refractivity contribution in [2.24, 2.45) is 0 Å². The molecule has 0 amide bonds. The maximum absolute atomic E-state index is 14.1. The molecule has 0 aromatic carbocycles. The number of alkyl halides is 2. The molecule has 6 aromatic rings. The maximum Gasteiger partial charge on any atom is 0.245 e. The highest BCUT2D eigenvalue weighted by Gasteiger charge is 2.40. The number of nitrogens with zero attached hydrogens (tertiary/aromatic N) is 14. The molecule has 74 heavy (non-hydrogen) atoms. The van der Waals surface area contributed by atoms with Crippen LogP contribution in [0.3, 0.4) is 0 Å². The van der Waals surface area contributed by atoms with Gasteiger partial charge in [0.25, 0.3) is 0 Å². The van der Waals surface area contributed by atoms with E-state index in [1.807, 2.05) is 0 Å². The molecule has 8 rings (SSSR count). The van der Waals surface area contributed by atoms with Crippen molar-refractivity contribution in [3.63, 3.8) is 0 Å². The Kier molecular flexibility index (Phi) is 18.2. The van der Waals surface area contributed by atoms with Crippen LogP contribution in [0.4, 0.5) is 8.78 Å². The summed E-state index contributed by atoms with van der Waals surface area (Å²) >= 11 is 11.7. The lowest BCUT2D eigenvalue weighted by Gasteiger charge is -2.22. The first-order chi connectivity index (χ1) is 35.4. The minimum atomic E-state index is -3.93. The minimum absolute atomic E-state index is 0.0717. The van der Waals surface area contributed by atoms with Crippen LogP contribution < -0.4 is 18.9 Å². The Bertz CT molecular complexity index is 2840. The van der Waals surface area contributed by atoms with Gasteiger partial charge in [0.15, 0.2) is 54.3 Å². The Balaban J connectivity index is 0.000000216. The summed E-state index contributed by atoms with van der Waals surface area (Å²) in [6.07, 6.45) is 6.35. The smallest absolute Gasteiger partial charge is 0.245 e. The topological polar surface area (TPSA) is 288 Å². The predicted octanol–water partition coefficient (Wildman–Crippen LogP) is 5.63. The molecule has 2 fully saturated rings. The van der Waals surface area contributed by atoms with Crippen LogP contribution in [0.25, 0.3) is 11.4 Å². The molecule has 0 aliphatic heterocycles. The van der Waals surface area contributed by atoms with Gasteiger partial charge in [-0.3, -0.25) is 9.13 Å². The van der Waals surface area contributed by atoms with Crippen molar-refractivity contribution >= 4 is 42.9 Å². The van der Waals surface area contributed by atoms with Gasteiger partial charge >= 0.3 is 0 Å². The molecule has 2 saturated carbocycles. The lowest BCUT2D eigenvalue weighted by Crippen LogP contribution is -2.30. The van der Waals surface area contributed by atoms with Crippen LogP contribution in [0.2, 0.25) is 10.0 Å². The third-order valence-electron chi connectivity index (χ3n) is 12.7. The van der Waals surface area contributed by atoms with E-state index in [1.165, 1.54) is 103 Å². The quantitative estimate of drug-likeness (QED) is 0.0895. The fourth-order valence-electron chi connectivity index (χ4n) is 8.81. The highest BCUT2D eigenvalue weighted by Crippen LogP contribution is 2.42. The van der Waals surface area contributed by atoms with Crippen LogP contribution in [0, 0.1) is 0 Å². The molecule has 0 unspecified atom stereocenters. The molecule has 2 aliphatic carbocycles. The first-order valence-electron chi connectivity index (χ1n) is 22.9. The van der Waals surface area contributed by atoms with E-state index in [-0.39, 0.29) is 82.9 Å². The zero-order chi connectivity index (χ0) is 53.5. The summed E-state index contributed by atoms with van der Waals surface area (Å²) in [6.45, 7) is 3.00. The number of hydrogen-bond acceptors (Lipinski definition) is 22. The van der Waals surface area contributed by atoms with E-state index in [4.69, 9.17) is 51.6 Å². The van der Waals surface area contributed by atoms with E-state index < -0.39 is 66.2 Å². The van der Waals surface area contributed by atoms with Crippen LogP contribution in [0.15, 0.2) is 37.4 Å². The van der Waals surface area contributed by atoms with Crippen molar-refractivity contribution in [2.45, 2.75) is 111 Å². The van der Waals surface area contributed by atoms with Crippen molar-refractivity contribution < 1.29 is 54.0 Å². The van der Waals surface area contributed by atoms with Gasteiger partial charge in [0.1, 0.15) is 60.4 Å². The van der Waals surface area contributed by atoms with Crippen molar-refractivity contribution in [3.8, 4) is 34.9 Å². The predicted molar refractivity (Wildman–Crippen MR) is 261 cm³/mol. The van der Waals surface area contributed by atoms with Crippen LogP contribution in [-0.2, 0) is 40.7 Å². The SMILES string of the molecule is COc1ncnc(OC)c1-n1c(CS(=O)(=O)[C@@H](C)[C@H](OC)c2ncc(Cl)cn2)nnc1[C@@H]1CC[C@H](F)C1.COc1ncnc(OC)c1-n1c(CS(=O)(=O)[C@@H](C)[C@H](OC)c2ncc(Cl)cn2)nnc1[C@H]1CC[C@@H](F)C1. The molecular formula is C44H54Cl2F2N14O10S2. The average Bonchev–Trinajstić information content (AvgIpc) is 4.22. The normalized spacial score (nSPS) is 19.5. The molecule has 0 N–H and O–H groups in total. The first-order valence-corrected chi connectivity index (χ1v) is 27.0. The highest BCUT2D eigenvalue weighted by molar-refractivity contribution is 7.91. The highest BCUT2D eigenvalue weighted by atomic mass is 35.5. The molecule has 0 bridgehead atoms. The van der Waals surface area contributed by atoms with Crippen molar-refractivity contribution in [1.29, 1.82) is 0 Å². The minimum Gasteiger partial charge on any atom is -0.479 e. The molecule has 6 heterocycles. The summed E-state index contributed by atoms with van der Waals surface area (Å²) in [5.41, 5.74) is 0.467. The van der Waals surface area contributed by atoms with Gasteiger partial charge in [-0.05, 0) is 52.4 Å². The van der Waals surface area contributed by atoms with Crippen LogP contribution >= 0.6 is 23.2 Å². The second-order valence-electron chi connectivity index (χ2n) is 17.2. The van der Waals surface area contributed by atoms with Gasteiger partial charge < -0.3 is 28.4 Å². The van der Waals surface area contributed by atoms with Gasteiger partial charge in [-0.15, -0.1) is 20.4 Å². The molecule has 0 radical (unpaired) electrons. The lowest BCUT2D eigenvalue weighted by molar-refractivity contribution is 0.0947. The van der Waals surface area contributed by atoms with Crippen LogP contribution in [0.5, 0.6) is 23.5 Å². The number of methoxy groups -OCH3 is 6. The monoisotopic (exact) mass is 1110 g/mol. The summed E-state index contributed by atoms with van der Waals surface area (Å²) in [5.74, 6) is 0.112. The van der Waals surface area contributed by atoms with Gasteiger partial charge in [0.05, 0.1) is 49.0 Å². The fraction of sp³-hybridized carbons (Fsp3) is 0.545. The number of hydrogen-bond donors (Lipinski definition) is 0. The van der Waals surface area contributed by atoms with Crippen molar-refractivity contribution in [3.05, 3.63) is 82.4 Å². The second-order valence-corrected chi connectivity index (χ2v) is 22.8. The van der Waals surface area contributed by atoms with Gasteiger partial charge in [-0.25, -0.2) is 45.6 Å². The van der Waals surface area contributed by atoms with Gasteiger partial charge in [0, 0.05) is 50.8 Å². The second kappa shape index (κ2) is 24.2. The van der Waals surface area contributed by atoms with E-state index in [0.29, 0.717) is 47.4 Å². The number of halogens is 4. The Morgan fingerprint density at radius 2 is 0.865 bits per heavy atom. The summed E-state index contributed by atoms with van der Waals surface area (Å²) in [4.78, 5) is 33.0. The third-order valence-corrected chi connectivity index (χ3v) is 17.1. The Labute approximate surface area is 435 Å². The van der Waals surface area contributed by atoms with E-state index >= 15 is 0 Å². The molecule has 30 heteroatoms. The summed E-state index contributed by atoms with van der Waals surface area (Å²) in [7, 11) is 0.539. The largest absolute Gasteiger partial charge is 0.479 e. The molecule has 6 aromatic heterocycles. The zero-order valence-corrected chi connectivity index (χ0v) is 44.6. The van der Waals surface area contributed by atoms with Gasteiger partial charge in [-0.1, -0.05) is 23.2 Å². The van der Waals surface area contributed by atoms with E-state index in [0.717, 1.165) is 0 Å². The molecule has 24 nitrogen and oxygen atoms in total.